The summed E-state index contributed by atoms with van der Waals surface area (Å²) in [7, 11) is 3.37. The lowest BCUT2D eigenvalue weighted by Crippen LogP contribution is -2.46. The summed E-state index contributed by atoms with van der Waals surface area (Å²) in [6.45, 7) is 2.40. The van der Waals surface area contributed by atoms with Crippen molar-refractivity contribution in [2.75, 3.05) is 38.8 Å². The van der Waals surface area contributed by atoms with Gasteiger partial charge < -0.3 is 24.4 Å². The molecule has 1 amide bonds. The number of benzene rings is 3. The molecular weight excluding hydrogens is 428 g/mol. The van der Waals surface area contributed by atoms with E-state index in [4.69, 9.17) is 14.2 Å². The average Bonchev–Trinajstić information content (AvgIpc) is 2.91. The Hall–Kier alpha value is -3.67. The standard InChI is InChI=1S/C28H32N2O4/c1-32-24-12-8-11-23(19-24)28(21-34-27(31)29-20-22-9-4-3-5-10-22)15-17-30(18-16-28)25-13-6-7-14-26(25)33-2/h3-14,19H,15-18,20-21H2,1-2H3,(H,29,31). The van der Waals surface area contributed by atoms with Gasteiger partial charge in [0.05, 0.1) is 19.9 Å². The Morgan fingerprint density at radius 1 is 0.912 bits per heavy atom. The highest BCUT2D eigenvalue weighted by Crippen LogP contribution is 2.40. The molecule has 6 heteroatoms. The summed E-state index contributed by atoms with van der Waals surface area (Å²) in [4.78, 5) is 14.9. The summed E-state index contributed by atoms with van der Waals surface area (Å²) in [6.07, 6.45) is 1.27. The largest absolute Gasteiger partial charge is 0.497 e. The van der Waals surface area contributed by atoms with Crippen molar-refractivity contribution in [3.05, 3.63) is 90.0 Å². The zero-order chi connectivity index (χ0) is 23.8. The van der Waals surface area contributed by atoms with Crippen molar-refractivity contribution in [1.82, 2.24) is 5.32 Å². The second-order valence-corrected chi connectivity index (χ2v) is 8.59. The molecule has 0 radical (unpaired) electrons. The second kappa shape index (κ2) is 11.0. The van der Waals surface area contributed by atoms with E-state index in [9.17, 15) is 4.79 Å². The minimum atomic E-state index is -0.404. The summed E-state index contributed by atoms with van der Waals surface area (Å²) in [5.41, 5.74) is 2.96. The highest BCUT2D eigenvalue weighted by atomic mass is 16.5. The topological polar surface area (TPSA) is 60.0 Å². The Bertz CT molecular complexity index is 1080. The third-order valence-electron chi connectivity index (χ3n) is 6.59. The molecule has 0 atom stereocenters. The first-order valence-electron chi connectivity index (χ1n) is 11.6. The summed E-state index contributed by atoms with van der Waals surface area (Å²) in [5.74, 6) is 1.67. The van der Waals surface area contributed by atoms with E-state index >= 15 is 0 Å². The number of nitrogens with one attached hydrogen (secondary N) is 1. The van der Waals surface area contributed by atoms with Crippen LogP contribution in [-0.4, -0.2) is 40.0 Å². The molecule has 0 unspecified atom stereocenters. The molecule has 1 aliphatic rings. The van der Waals surface area contributed by atoms with Gasteiger partial charge >= 0.3 is 6.09 Å². The van der Waals surface area contributed by atoms with Gasteiger partial charge in [0.15, 0.2) is 0 Å². The zero-order valence-electron chi connectivity index (χ0n) is 19.8. The molecule has 1 saturated heterocycles. The normalized spacial score (nSPS) is 14.8. The van der Waals surface area contributed by atoms with Crippen LogP contribution in [0.1, 0.15) is 24.0 Å². The molecule has 0 spiro atoms. The second-order valence-electron chi connectivity index (χ2n) is 8.59. The molecule has 34 heavy (non-hydrogen) atoms. The summed E-state index contributed by atoms with van der Waals surface area (Å²) < 4.78 is 16.8. The van der Waals surface area contributed by atoms with Crippen molar-refractivity contribution >= 4 is 11.8 Å². The Morgan fingerprint density at radius 3 is 2.38 bits per heavy atom. The molecule has 4 rings (SSSR count). The van der Waals surface area contributed by atoms with E-state index in [2.05, 4.69) is 28.4 Å². The Kier molecular flexibility index (Phi) is 7.58. The van der Waals surface area contributed by atoms with Crippen molar-refractivity contribution in [1.29, 1.82) is 0 Å². The molecule has 3 aromatic carbocycles. The van der Waals surface area contributed by atoms with Crippen LogP contribution in [0.15, 0.2) is 78.9 Å². The zero-order valence-corrected chi connectivity index (χ0v) is 19.8. The van der Waals surface area contributed by atoms with Crippen LogP contribution in [0.3, 0.4) is 0 Å². The van der Waals surface area contributed by atoms with E-state index in [1.165, 1.54) is 0 Å². The molecule has 0 aliphatic carbocycles. The minimum absolute atomic E-state index is 0.295. The maximum absolute atomic E-state index is 12.5. The minimum Gasteiger partial charge on any atom is -0.497 e. The smallest absolute Gasteiger partial charge is 0.407 e. The Labute approximate surface area is 201 Å². The number of hydrogen-bond acceptors (Lipinski definition) is 5. The van der Waals surface area contributed by atoms with Crippen LogP contribution in [0.5, 0.6) is 11.5 Å². The number of para-hydroxylation sites is 2. The fourth-order valence-electron chi connectivity index (χ4n) is 4.56. The van der Waals surface area contributed by atoms with E-state index < -0.39 is 6.09 Å². The van der Waals surface area contributed by atoms with Crippen LogP contribution in [-0.2, 0) is 16.7 Å². The van der Waals surface area contributed by atoms with Crippen molar-refractivity contribution in [3.8, 4) is 11.5 Å². The first-order valence-corrected chi connectivity index (χ1v) is 11.6. The lowest BCUT2D eigenvalue weighted by atomic mass is 9.73. The summed E-state index contributed by atoms with van der Waals surface area (Å²) in [6, 6.07) is 26.0. The maximum atomic E-state index is 12.5. The van der Waals surface area contributed by atoms with Gasteiger partial charge in [0.2, 0.25) is 0 Å². The monoisotopic (exact) mass is 460 g/mol. The number of rotatable bonds is 8. The Balaban J connectivity index is 1.48. The van der Waals surface area contributed by atoms with Gasteiger partial charge in [-0.15, -0.1) is 0 Å². The predicted octanol–water partition coefficient (Wildman–Crippen LogP) is 5.17. The number of alkyl carbamates (subject to hydrolysis) is 1. The number of anilines is 1. The fraction of sp³-hybridized carbons (Fsp3) is 0.321. The van der Waals surface area contributed by atoms with E-state index in [-0.39, 0.29) is 5.41 Å². The van der Waals surface area contributed by atoms with Gasteiger partial charge in [-0.05, 0) is 48.2 Å². The van der Waals surface area contributed by atoms with Gasteiger partial charge in [-0.1, -0.05) is 54.6 Å². The van der Waals surface area contributed by atoms with E-state index in [0.29, 0.717) is 13.2 Å². The third kappa shape index (κ3) is 5.45. The van der Waals surface area contributed by atoms with Crippen molar-refractivity contribution in [3.63, 3.8) is 0 Å². The van der Waals surface area contributed by atoms with Crippen LogP contribution in [0.2, 0.25) is 0 Å². The summed E-state index contributed by atoms with van der Waals surface area (Å²) in [5, 5.41) is 2.87. The number of methoxy groups -OCH3 is 2. The van der Waals surface area contributed by atoms with Gasteiger partial charge in [-0.3, -0.25) is 0 Å². The number of amides is 1. The SMILES string of the molecule is COc1cccc(C2(COC(=O)NCc3ccccc3)CCN(c3ccccc3OC)CC2)c1. The number of hydrogen-bond donors (Lipinski definition) is 1. The molecule has 178 valence electrons. The molecular formula is C28H32N2O4. The molecule has 0 saturated carbocycles. The molecule has 1 aliphatic heterocycles. The average molecular weight is 461 g/mol. The lowest BCUT2D eigenvalue weighted by Gasteiger charge is -2.43. The highest BCUT2D eigenvalue weighted by molar-refractivity contribution is 5.67. The first-order chi connectivity index (χ1) is 16.6. The maximum Gasteiger partial charge on any atom is 0.407 e. The summed E-state index contributed by atoms with van der Waals surface area (Å²) >= 11 is 0. The van der Waals surface area contributed by atoms with E-state index in [1.807, 2.05) is 60.7 Å². The number of ether oxygens (including phenoxy) is 3. The number of nitrogens with zero attached hydrogens (tertiary/aromatic N) is 1. The van der Waals surface area contributed by atoms with Crippen LogP contribution in [0.4, 0.5) is 10.5 Å². The Morgan fingerprint density at radius 2 is 1.65 bits per heavy atom. The molecule has 0 bridgehead atoms. The van der Waals surface area contributed by atoms with Gasteiger partial charge in [-0.25, -0.2) is 4.79 Å². The number of carbonyl (C=O) groups is 1. The fourth-order valence-corrected chi connectivity index (χ4v) is 4.56. The van der Waals surface area contributed by atoms with Gasteiger partial charge in [0.1, 0.15) is 18.1 Å². The molecule has 3 aromatic rings. The molecule has 0 aromatic heterocycles. The van der Waals surface area contributed by atoms with Crippen molar-refractivity contribution < 1.29 is 19.0 Å². The third-order valence-corrected chi connectivity index (χ3v) is 6.59. The predicted molar refractivity (Wildman–Crippen MR) is 134 cm³/mol. The number of piperidine rings is 1. The quantitative estimate of drug-likeness (QED) is 0.503. The van der Waals surface area contributed by atoms with Gasteiger partial charge in [0, 0.05) is 25.0 Å². The molecule has 1 heterocycles. The highest BCUT2D eigenvalue weighted by Gasteiger charge is 2.38. The number of carbonyl (C=O) groups excluding carboxylic acids is 1. The van der Waals surface area contributed by atoms with E-state index in [0.717, 1.165) is 54.2 Å². The van der Waals surface area contributed by atoms with Gasteiger partial charge in [-0.2, -0.15) is 0 Å². The van der Waals surface area contributed by atoms with Crippen LogP contribution < -0.4 is 19.7 Å². The van der Waals surface area contributed by atoms with Crippen LogP contribution in [0.25, 0.3) is 0 Å². The van der Waals surface area contributed by atoms with Crippen molar-refractivity contribution in [2.45, 2.75) is 24.8 Å². The molecule has 1 fully saturated rings. The van der Waals surface area contributed by atoms with Gasteiger partial charge in [0.25, 0.3) is 0 Å². The molecule has 1 N–H and O–H groups in total. The molecule has 6 nitrogen and oxygen atoms in total. The lowest BCUT2D eigenvalue weighted by molar-refractivity contribution is 0.103. The van der Waals surface area contributed by atoms with Crippen LogP contribution in [0, 0.1) is 0 Å². The van der Waals surface area contributed by atoms with E-state index in [1.54, 1.807) is 14.2 Å². The van der Waals surface area contributed by atoms with Crippen molar-refractivity contribution in [2.24, 2.45) is 0 Å². The van der Waals surface area contributed by atoms with Crippen LogP contribution >= 0.6 is 0 Å². The first kappa shape index (κ1) is 23.5.